The minimum absolute atomic E-state index is 0.122. The van der Waals surface area contributed by atoms with Crippen LogP contribution in [0.5, 0.6) is 0 Å². The molecule has 1 aromatic heterocycles. The van der Waals surface area contributed by atoms with E-state index < -0.39 is 10.0 Å². The number of nitrogens with zero attached hydrogens (tertiary/aromatic N) is 1. The average molecular weight is 263 g/mol. The molecule has 7 heteroatoms. The Morgan fingerprint density at radius 2 is 2.25 bits per heavy atom. The van der Waals surface area contributed by atoms with Crippen LogP contribution in [-0.4, -0.2) is 32.2 Å². The maximum atomic E-state index is 11.1. The average Bonchev–Trinajstić information content (AvgIpc) is 2.77. The van der Waals surface area contributed by atoms with Crippen molar-refractivity contribution in [1.82, 2.24) is 15.0 Å². The molecular formula is C9H17N3O2S2. The molecule has 16 heavy (non-hydrogen) atoms. The Bertz CT molecular complexity index is 389. The molecule has 0 spiro atoms. The lowest BCUT2D eigenvalue weighted by atomic mass is 10.3. The summed E-state index contributed by atoms with van der Waals surface area (Å²) in [5.74, 6) is 0.122. The summed E-state index contributed by atoms with van der Waals surface area (Å²) in [7, 11) is -3.07. The Labute approximate surface area is 100 Å². The summed E-state index contributed by atoms with van der Waals surface area (Å²) in [4.78, 5) is 5.14. The van der Waals surface area contributed by atoms with Crippen LogP contribution in [0.25, 0.3) is 0 Å². The van der Waals surface area contributed by atoms with Crippen LogP contribution >= 0.6 is 11.3 Å². The van der Waals surface area contributed by atoms with Crippen LogP contribution in [0, 0.1) is 0 Å². The highest BCUT2D eigenvalue weighted by Crippen LogP contribution is 2.15. The molecule has 0 fully saturated rings. The van der Waals surface area contributed by atoms with Crippen LogP contribution in [0.2, 0.25) is 0 Å². The van der Waals surface area contributed by atoms with Crippen molar-refractivity contribution in [2.24, 2.45) is 0 Å². The highest BCUT2D eigenvalue weighted by molar-refractivity contribution is 7.89. The predicted molar refractivity (Wildman–Crippen MR) is 66.0 cm³/mol. The number of nitrogens with one attached hydrogen (secondary N) is 2. The summed E-state index contributed by atoms with van der Waals surface area (Å²) in [6, 6.07) is 0.207. The van der Waals surface area contributed by atoms with Crippen molar-refractivity contribution in [3.63, 3.8) is 0 Å². The third kappa shape index (κ3) is 4.56. The first-order valence-electron chi connectivity index (χ1n) is 5.14. The fourth-order valence-corrected chi connectivity index (χ4v) is 2.41. The van der Waals surface area contributed by atoms with Crippen LogP contribution in [0.15, 0.2) is 11.7 Å². The Balaban J connectivity index is 2.22. The number of rotatable bonds is 7. The first kappa shape index (κ1) is 13.6. The Kier molecular flexibility index (Phi) is 5.33. The van der Waals surface area contributed by atoms with Gasteiger partial charge in [0.25, 0.3) is 0 Å². The van der Waals surface area contributed by atoms with Gasteiger partial charge in [0.15, 0.2) is 0 Å². The van der Waals surface area contributed by atoms with Crippen molar-refractivity contribution in [2.75, 3.05) is 18.8 Å². The fourth-order valence-electron chi connectivity index (χ4n) is 1.14. The van der Waals surface area contributed by atoms with Crippen molar-refractivity contribution in [2.45, 2.75) is 19.9 Å². The second kappa shape index (κ2) is 6.29. The fraction of sp³-hybridized carbons (Fsp3) is 0.667. The molecule has 0 aromatic carbocycles. The number of sulfonamides is 1. The van der Waals surface area contributed by atoms with E-state index in [0.717, 1.165) is 4.88 Å². The number of hydrogen-bond acceptors (Lipinski definition) is 5. The molecule has 0 amide bonds. The van der Waals surface area contributed by atoms with Crippen molar-refractivity contribution < 1.29 is 8.42 Å². The minimum atomic E-state index is -3.07. The van der Waals surface area contributed by atoms with Crippen molar-refractivity contribution in [1.29, 1.82) is 0 Å². The molecule has 92 valence electrons. The van der Waals surface area contributed by atoms with Crippen LogP contribution in [0.4, 0.5) is 0 Å². The second-order valence-corrected chi connectivity index (χ2v) is 6.39. The normalized spacial score (nSPS) is 13.9. The largest absolute Gasteiger partial charge is 0.308 e. The highest BCUT2D eigenvalue weighted by atomic mass is 32.2. The van der Waals surface area contributed by atoms with Gasteiger partial charge in [-0.1, -0.05) is 0 Å². The Hall–Kier alpha value is -0.500. The van der Waals surface area contributed by atoms with Gasteiger partial charge in [-0.3, -0.25) is 4.98 Å². The molecule has 0 aliphatic heterocycles. The molecule has 2 N–H and O–H groups in total. The molecule has 0 bridgehead atoms. The van der Waals surface area contributed by atoms with E-state index in [4.69, 9.17) is 0 Å². The number of hydrogen-bond donors (Lipinski definition) is 2. The van der Waals surface area contributed by atoms with Crippen LogP contribution in [0.3, 0.4) is 0 Å². The van der Waals surface area contributed by atoms with E-state index in [-0.39, 0.29) is 11.8 Å². The monoisotopic (exact) mass is 263 g/mol. The summed E-state index contributed by atoms with van der Waals surface area (Å²) in [5, 5.41) is 3.23. The van der Waals surface area contributed by atoms with Gasteiger partial charge in [-0.25, -0.2) is 13.1 Å². The lowest BCUT2D eigenvalue weighted by Crippen LogP contribution is -2.33. The van der Waals surface area contributed by atoms with Crippen LogP contribution in [0.1, 0.15) is 24.8 Å². The van der Waals surface area contributed by atoms with Crippen molar-refractivity contribution >= 4 is 21.4 Å². The quantitative estimate of drug-likeness (QED) is 0.712. The summed E-state index contributed by atoms with van der Waals surface area (Å²) < 4.78 is 24.8. The number of thiazole rings is 1. The van der Waals surface area contributed by atoms with Gasteiger partial charge >= 0.3 is 0 Å². The van der Waals surface area contributed by atoms with Gasteiger partial charge in [0.1, 0.15) is 0 Å². The van der Waals surface area contributed by atoms with Crippen molar-refractivity contribution in [3.8, 4) is 0 Å². The lowest BCUT2D eigenvalue weighted by molar-refractivity contribution is 0.557. The van der Waals surface area contributed by atoms with Gasteiger partial charge in [0.05, 0.1) is 11.3 Å². The molecule has 5 nitrogen and oxygen atoms in total. The molecule has 1 aromatic rings. The SMILES string of the molecule is CCS(=O)(=O)NCCNC(C)c1cncs1. The van der Waals surface area contributed by atoms with Gasteiger partial charge < -0.3 is 5.32 Å². The molecule has 0 aliphatic rings. The maximum absolute atomic E-state index is 11.1. The molecule has 0 saturated heterocycles. The van der Waals surface area contributed by atoms with Gasteiger partial charge in [-0.05, 0) is 13.8 Å². The smallest absolute Gasteiger partial charge is 0.211 e. The Morgan fingerprint density at radius 1 is 1.50 bits per heavy atom. The molecule has 1 heterocycles. The number of aromatic nitrogens is 1. The van der Waals surface area contributed by atoms with E-state index >= 15 is 0 Å². The van der Waals surface area contributed by atoms with E-state index in [0.29, 0.717) is 13.1 Å². The first-order chi connectivity index (χ1) is 7.55. The summed E-state index contributed by atoms with van der Waals surface area (Å²) >= 11 is 1.59. The zero-order valence-corrected chi connectivity index (χ0v) is 11.1. The molecule has 1 unspecified atom stereocenters. The highest BCUT2D eigenvalue weighted by Gasteiger charge is 2.07. The second-order valence-electron chi connectivity index (χ2n) is 3.38. The van der Waals surface area contributed by atoms with E-state index in [1.165, 1.54) is 0 Å². The van der Waals surface area contributed by atoms with E-state index in [1.807, 2.05) is 13.1 Å². The van der Waals surface area contributed by atoms with Gasteiger partial charge in [-0.2, -0.15) is 0 Å². The molecule has 0 radical (unpaired) electrons. The summed E-state index contributed by atoms with van der Waals surface area (Å²) in [6.45, 7) is 4.68. The molecule has 0 aliphatic carbocycles. The first-order valence-corrected chi connectivity index (χ1v) is 7.67. The van der Waals surface area contributed by atoms with E-state index in [2.05, 4.69) is 15.0 Å². The van der Waals surface area contributed by atoms with Gasteiger partial charge in [0.2, 0.25) is 10.0 Å². The van der Waals surface area contributed by atoms with Crippen molar-refractivity contribution in [3.05, 3.63) is 16.6 Å². The zero-order chi connectivity index (χ0) is 12.0. The Morgan fingerprint density at radius 3 is 2.81 bits per heavy atom. The summed E-state index contributed by atoms with van der Waals surface area (Å²) in [6.07, 6.45) is 1.82. The van der Waals surface area contributed by atoms with Crippen LogP contribution in [-0.2, 0) is 10.0 Å². The molecule has 1 rings (SSSR count). The lowest BCUT2D eigenvalue weighted by Gasteiger charge is -2.11. The van der Waals surface area contributed by atoms with Gasteiger partial charge in [0, 0.05) is 30.2 Å². The predicted octanol–water partition coefficient (Wildman–Crippen LogP) is 0.733. The molecule has 1 atom stereocenters. The molecular weight excluding hydrogens is 246 g/mol. The van der Waals surface area contributed by atoms with Gasteiger partial charge in [-0.15, -0.1) is 11.3 Å². The van der Waals surface area contributed by atoms with Crippen LogP contribution < -0.4 is 10.0 Å². The zero-order valence-electron chi connectivity index (χ0n) is 9.43. The standard InChI is InChI=1S/C9H17N3O2S2/c1-3-16(13,14)12-5-4-11-8(2)9-6-10-7-15-9/h6-8,11-12H,3-5H2,1-2H3. The maximum Gasteiger partial charge on any atom is 0.211 e. The summed E-state index contributed by atoms with van der Waals surface area (Å²) in [5.41, 5.74) is 1.79. The van der Waals surface area contributed by atoms with E-state index in [1.54, 1.807) is 23.8 Å². The minimum Gasteiger partial charge on any atom is -0.308 e. The molecule has 0 saturated carbocycles. The topological polar surface area (TPSA) is 71.1 Å². The third-order valence-corrected chi connectivity index (χ3v) is 4.52. The third-order valence-electron chi connectivity index (χ3n) is 2.16. The van der Waals surface area contributed by atoms with E-state index in [9.17, 15) is 8.42 Å².